The first kappa shape index (κ1) is 12.8. The summed E-state index contributed by atoms with van der Waals surface area (Å²) in [5, 5.41) is 0. The van der Waals surface area contributed by atoms with Crippen LogP contribution in [0.15, 0.2) is 16.7 Å². The first-order chi connectivity index (χ1) is 9.79. The van der Waals surface area contributed by atoms with Gasteiger partial charge in [-0.25, -0.2) is 9.97 Å². The van der Waals surface area contributed by atoms with Crippen LogP contribution in [-0.4, -0.2) is 15.0 Å². The fourth-order valence-corrected chi connectivity index (χ4v) is 4.54. The molecule has 4 rings (SSSR count). The Balaban J connectivity index is 1.59. The second-order valence-corrected chi connectivity index (χ2v) is 7.38. The predicted octanol–water partition coefficient (Wildman–Crippen LogP) is 4.79. The number of aromatic nitrogens is 3. The van der Waals surface area contributed by atoms with Crippen LogP contribution in [0.5, 0.6) is 0 Å². The van der Waals surface area contributed by atoms with Crippen molar-refractivity contribution in [2.24, 2.45) is 11.8 Å². The Kier molecular flexibility index (Phi) is 3.29. The van der Waals surface area contributed by atoms with Gasteiger partial charge in [0.2, 0.25) is 0 Å². The minimum absolute atomic E-state index is 0.613. The van der Waals surface area contributed by atoms with Crippen LogP contribution in [-0.2, 0) is 0 Å². The highest BCUT2D eigenvalue weighted by molar-refractivity contribution is 9.10. The summed E-state index contributed by atoms with van der Waals surface area (Å²) in [6, 6.07) is 2.07. The lowest BCUT2D eigenvalue weighted by molar-refractivity contribution is 0.153. The molecule has 0 amide bonds. The fraction of sp³-hybridized carbons (Fsp3) is 0.625. The van der Waals surface area contributed by atoms with Gasteiger partial charge in [-0.2, -0.15) is 0 Å². The van der Waals surface area contributed by atoms with Crippen LogP contribution in [0.3, 0.4) is 0 Å². The molecule has 2 aromatic heterocycles. The Labute approximate surface area is 127 Å². The number of H-pyrrole nitrogens is 1. The van der Waals surface area contributed by atoms with Crippen molar-refractivity contribution in [1.82, 2.24) is 15.0 Å². The topological polar surface area (TPSA) is 41.6 Å². The molecule has 0 saturated heterocycles. The summed E-state index contributed by atoms with van der Waals surface area (Å²) in [6.45, 7) is 0. The molecule has 0 bridgehead atoms. The maximum Gasteiger partial charge on any atom is 0.177 e. The van der Waals surface area contributed by atoms with Gasteiger partial charge in [0.05, 0.1) is 5.52 Å². The summed E-state index contributed by atoms with van der Waals surface area (Å²) < 4.78 is 1.01. The Morgan fingerprint density at radius 1 is 1.10 bits per heavy atom. The van der Waals surface area contributed by atoms with Crippen LogP contribution in [0.4, 0.5) is 0 Å². The summed E-state index contributed by atoms with van der Waals surface area (Å²) in [5.41, 5.74) is 1.91. The molecule has 2 heterocycles. The number of rotatable bonds is 1. The lowest BCUT2D eigenvalue weighted by atomic mass is 9.67. The third-order valence-corrected chi connectivity index (χ3v) is 5.68. The number of imidazole rings is 1. The molecule has 106 valence electrons. The predicted molar refractivity (Wildman–Crippen MR) is 83.6 cm³/mol. The molecule has 0 spiro atoms. The van der Waals surface area contributed by atoms with Crippen molar-refractivity contribution in [2.75, 3.05) is 0 Å². The van der Waals surface area contributed by atoms with Crippen molar-refractivity contribution in [3.05, 3.63) is 22.6 Å². The van der Waals surface area contributed by atoms with Crippen LogP contribution in [0.1, 0.15) is 56.7 Å². The van der Waals surface area contributed by atoms with E-state index in [4.69, 9.17) is 4.98 Å². The van der Waals surface area contributed by atoms with Crippen LogP contribution < -0.4 is 0 Å². The molecular weight excluding hydrogens is 314 g/mol. The van der Waals surface area contributed by atoms with E-state index in [1.165, 1.54) is 44.9 Å². The minimum atomic E-state index is 0.613. The monoisotopic (exact) mass is 333 g/mol. The van der Waals surface area contributed by atoms with Crippen molar-refractivity contribution >= 4 is 27.1 Å². The van der Waals surface area contributed by atoms with Crippen LogP contribution in [0.2, 0.25) is 0 Å². The number of aromatic amines is 1. The molecule has 4 heteroatoms. The van der Waals surface area contributed by atoms with Gasteiger partial charge >= 0.3 is 0 Å². The molecule has 20 heavy (non-hydrogen) atoms. The molecule has 2 aromatic rings. The third kappa shape index (κ3) is 2.28. The number of halogens is 1. The highest BCUT2D eigenvalue weighted by Gasteiger charge is 2.33. The van der Waals surface area contributed by atoms with E-state index < -0.39 is 0 Å². The number of hydrogen-bond acceptors (Lipinski definition) is 2. The van der Waals surface area contributed by atoms with Crippen molar-refractivity contribution in [1.29, 1.82) is 0 Å². The Morgan fingerprint density at radius 3 is 2.85 bits per heavy atom. The molecule has 0 aliphatic heterocycles. The van der Waals surface area contributed by atoms with Gasteiger partial charge in [0, 0.05) is 16.6 Å². The average Bonchev–Trinajstić information content (AvgIpc) is 2.89. The Bertz CT molecular complexity index is 621. The van der Waals surface area contributed by atoms with E-state index in [0.29, 0.717) is 5.92 Å². The maximum atomic E-state index is 4.73. The van der Waals surface area contributed by atoms with Gasteiger partial charge < -0.3 is 4.98 Å². The molecule has 2 aliphatic rings. The first-order valence-corrected chi connectivity index (χ1v) is 8.60. The van der Waals surface area contributed by atoms with E-state index in [0.717, 1.165) is 33.3 Å². The van der Waals surface area contributed by atoms with Gasteiger partial charge in [-0.1, -0.05) is 25.7 Å². The van der Waals surface area contributed by atoms with Crippen LogP contribution in [0.25, 0.3) is 11.2 Å². The Morgan fingerprint density at radius 2 is 1.95 bits per heavy atom. The van der Waals surface area contributed by atoms with E-state index in [2.05, 4.69) is 32.0 Å². The molecule has 0 aromatic carbocycles. The zero-order valence-corrected chi connectivity index (χ0v) is 13.2. The summed E-state index contributed by atoms with van der Waals surface area (Å²) in [5.74, 6) is 3.71. The lowest BCUT2D eigenvalue weighted by Crippen LogP contribution is -2.27. The quantitative estimate of drug-likeness (QED) is 0.814. The van der Waals surface area contributed by atoms with Crippen molar-refractivity contribution in [3.63, 3.8) is 0 Å². The number of fused-ring (bicyclic) bond motifs is 2. The zero-order valence-electron chi connectivity index (χ0n) is 11.6. The lowest BCUT2D eigenvalue weighted by Gasteiger charge is -2.38. The third-order valence-electron chi connectivity index (χ3n) is 5.25. The zero-order chi connectivity index (χ0) is 13.5. The van der Waals surface area contributed by atoms with Crippen molar-refractivity contribution < 1.29 is 0 Å². The number of nitrogens with zero attached hydrogens (tertiary/aromatic N) is 2. The molecule has 3 atom stereocenters. The molecule has 3 nitrogen and oxygen atoms in total. The summed E-state index contributed by atoms with van der Waals surface area (Å²) in [7, 11) is 0. The van der Waals surface area contributed by atoms with Gasteiger partial charge in [-0.3, -0.25) is 0 Å². The van der Waals surface area contributed by atoms with Gasteiger partial charge in [-0.15, -0.1) is 0 Å². The second-order valence-electron chi connectivity index (χ2n) is 6.46. The second kappa shape index (κ2) is 5.14. The van der Waals surface area contributed by atoms with Gasteiger partial charge in [0.25, 0.3) is 0 Å². The highest BCUT2D eigenvalue weighted by atomic mass is 79.9. The van der Waals surface area contributed by atoms with Gasteiger partial charge in [0.1, 0.15) is 5.82 Å². The largest absolute Gasteiger partial charge is 0.340 e. The molecule has 2 fully saturated rings. The van der Waals surface area contributed by atoms with E-state index in [-0.39, 0.29) is 0 Å². The number of pyridine rings is 1. The standard InChI is InChI=1S/C16H20BrN3/c17-13-8-14-16(18-9-13)20-15(19-14)12-6-5-10-3-1-2-4-11(10)7-12/h8-12H,1-7H2,(H,18,19,20). The summed E-state index contributed by atoms with van der Waals surface area (Å²) in [6.07, 6.45) is 11.6. The van der Waals surface area contributed by atoms with Crippen molar-refractivity contribution in [3.8, 4) is 0 Å². The normalized spacial score (nSPS) is 30.4. The maximum absolute atomic E-state index is 4.73. The molecule has 0 radical (unpaired) electrons. The smallest absolute Gasteiger partial charge is 0.177 e. The van der Waals surface area contributed by atoms with Crippen LogP contribution in [0, 0.1) is 11.8 Å². The van der Waals surface area contributed by atoms with E-state index in [9.17, 15) is 0 Å². The molecule has 2 aliphatic carbocycles. The van der Waals surface area contributed by atoms with Crippen LogP contribution >= 0.6 is 15.9 Å². The molecule has 2 saturated carbocycles. The van der Waals surface area contributed by atoms with Crippen molar-refractivity contribution in [2.45, 2.75) is 50.9 Å². The SMILES string of the molecule is Brc1cnc2nc(C3CCC4CCCCC4C3)[nH]c2c1. The Hall–Kier alpha value is -0.900. The molecule has 1 N–H and O–H groups in total. The highest BCUT2D eigenvalue weighted by Crippen LogP contribution is 2.45. The minimum Gasteiger partial charge on any atom is -0.340 e. The van der Waals surface area contributed by atoms with E-state index >= 15 is 0 Å². The fourth-order valence-electron chi connectivity index (χ4n) is 4.21. The number of hydrogen-bond donors (Lipinski definition) is 1. The van der Waals surface area contributed by atoms with Gasteiger partial charge in [0.15, 0.2) is 5.65 Å². The van der Waals surface area contributed by atoms with E-state index in [1.54, 1.807) is 0 Å². The first-order valence-electron chi connectivity index (χ1n) is 7.81. The molecule has 3 unspecified atom stereocenters. The summed E-state index contributed by atoms with van der Waals surface area (Å²) >= 11 is 3.47. The van der Waals surface area contributed by atoms with E-state index in [1.807, 2.05) is 6.20 Å². The number of nitrogens with one attached hydrogen (secondary N) is 1. The molecular formula is C16H20BrN3. The average molecular weight is 334 g/mol. The van der Waals surface area contributed by atoms with Gasteiger partial charge in [-0.05, 0) is 53.1 Å². The summed E-state index contributed by atoms with van der Waals surface area (Å²) in [4.78, 5) is 12.6.